The Balaban J connectivity index is 2.85. The van der Waals surface area contributed by atoms with Crippen LogP contribution in [-0.4, -0.2) is 36.5 Å². The molecule has 1 rings (SSSR count). The molecule has 1 aromatic carbocycles. The molecule has 0 aromatic heterocycles. The first kappa shape index (κ1) is 11.5. The lowest BCUT2D eigenvalue weighted by Crippen LogP contribution is -2.21. The zero-order valence-electron chi connectivity index (χ0n) is 8.68. The number of hydrogen-bond donors (Lipinski definition) is 0. The van der Waals surface area contributed by atoms with Gasteiger partial charge in [-0.3, -0.25) is 9.79 Å². The van der Waals surface area contributed by atoms with E-state index in [-0.39, 0.29) is 5.91 Å². The van der Waals surface area contributed by atoms with Gasteiger partial charge in [0.1, 0.15) is 0 Å². The molecule has 0 fully saturated rings. The van der Waals surface area contributed by atoms with Gasteiger partial charge < -0.3 is 4.90 Å². The van der Waals surface area contributed by atoms with Crippen LogP contribution in [0.3, 0.4) is 0 Å². The second kappa shape index (κ2) is 5.36. The normalized spacial score (nSPS) is 10.3. The number of thiocarbonyl (C=S) groups is 1. The summed E-state index contributed by atoms with van der Waals surface area (Å²) in [7, 11) is 3.45. The highest BCUT2D eigenvalue weighted by atomic mass is 32.1. The van der Waals surface area contributed by atoms with E-state index < -0.39 is 0 Å². The molecule has 3 nitrogen and oxygen atoms in total. The summed E-state index contributed by atoms with van der Waals surface area (Å²) in [5, 5.41) is 1.44. The van der Waals surface area contributed by atoms with Crippen LogP contribution in [0.1, 0.15) is 10.4 Å². The second-order valence-corrected chi connectivity index (χ2v) is 3.43. The summed E-state index contributed by atoms with van der Waals surface area (Å²) < 4.78 is 0. The van der Waals surface area contributed by atoms with Gasteiger partial charge in [-0.2, -0.15) is 0 Å². The van der Waals surface area contributed by atoms with E-state index in [0.29, 0.717) is 5.56 Å². The zero-order valence-corrected chi connectivity index (χ0v) is 9.49. The Morgan fingerprint density at radius 2 is 1.93 bits per heavy atom. The van der Waals surface area contributed by atoms with Crippen molar-refractivity contribution >= 4 is 35.4 Å². The van der Waals surface area contributed by atoms with Gasteiger partial charge in [0.15, 0.2) is 0 Å². The number of benzene rings is 1. The van der Waals surface area contributed by atoms with Crippen LogP contribution in [0.5, 0.6) is 0 Å². The van der Waals surface area contributed by atoms with Gasteiger partial charge in [-0.25, -0.2) is 0 Å². The van der Waals surface area contributed by atoms with Crippen molar-refractivity contribution in [2.75, 3.05) is 14.1 Å². The van der Waals surface area contributed by atoms with Crippen LogP contribution in [0.2, 0.25) is 0 Å². The Hall–Kier alpha value is -1.55. The molecular formula is C11H12N2OS. The molecule has 0 saturated carbocycles. The van der Waals surface area contributed by atoms with Crippen LogP contribution in [0.15, 0.2) is 29.3 Å². The first-order valence-electron chi connectivity index (χ1n) is 4.44. The molecular weight excluding hydrogens is 208 g/mol. The van der Waals surface area contributed by atoms with Gasteiger partial charge in [0, 0.05) is 31.2 Å². The van der Waals surface area contributed by atoms with Crippen LogP contribution < -0.4 is 0 Å². The van der Waals surface area contributed by atoms with Crippen molar-refractivity contribution in [3.8, 4) is 0 Å². The minimum atomic E-state index is -0.0136. The summed E-state index contributed by atoms with van der Waals surface area (Å²) in [4.78, 5) is 17.1. The van der Waals surface area contributed by atoms with Gasteiger partial charge in [-0.05, 0) is 24.3 Å². The minimum absolute atomic E-state index is 0.0136. The number of nitrogens with zero attached hydrogens (tertiary/aromatic N) is 2. The Morgan fingerprint density at radius 3 is 2.40 bits per heavy atom. The molecule has 0 N–H and O–H groups in total. The third kappa shape index (κ3) is 3.25. The number of amides is 1. The van der Waals surface area contributed by atoms with Gasteiger partial charge in [0.05, 0.1) is 5.69 Å². The lowest BCUT2D eigenvalue weighted by Gasteiger charge is -2.09. The second-order valence-electron chi connectivity index (χ2n) is 3.16. The SMILES string of the molecule is CN(C)C(=O)c1ccc(N=CC=S)cc1. The first-order valence-corrected chi connectivity index (χ1v) is 4.92. The van der Waals surface area contributed by atoms with Crippen molar-refractivity contribution in [1.82, 2.24) is 4.90 Å². The quantitative estimate of drug-likeness (QED) is 0.577. The summed E-state index contributed by atoms with van der Waals surface area (Å²) in [5.74, 6) is -0.0136. The molecule has 0 radical (unpaired) electrons. The summed E-state index contributed by atoms with van der Waals surface area (Å²) in [6, 6.07) is 7.06. The van der Waals surface area contributed by atoms with E-state index in [0.717, 1.165) is 5.69 Å². The Labute approximate surface area is 94.4 Å². The lowest BCUT2D eigenvalue weighted by molar-refractivity contribution is 0.0827. The fourth-order valence-corrected chi connectivity index (χ4v) is 1.13. The van der Waals surface area contributed by atoms with E-state index in [1.165, 1.54) is 16.5 Å². The van der Waals surface area contributed by atoms with Crippen LogP contribution in [0.25, 0.3) is 0 Å². The van der Waals surface area contributed by atoms with Crippen molar-refractivity contribution in [3.05, 3.63) is 29.8 Å². The first-order chi connectivity index (χ1) is 7.15. The van der Waals surface area contributed by atoms with Crippen LogP contribution in [0, 0.1) is 0 Å². The summed E-state index contributed by atoms with van der Waals surface area (Å²) in [6.07, 6.45) is 1.54. The maximum Gasteiger partial charge on any atom is 0.253 e. The van der Waals surface area contributed by atoms with E-state index in [4.69, 9.17) is 0 Å². The minimum Gasteiger partial charge on any atom is -0.345 e. The average Bonchev–Trinajstić information content (AvgIpc) is 2.26. The topological polar surface area (TPSA) is 32.7 Å². The third-order valence-corrected chi connectivity index (χ3v) is 1.93. The predicted octanol–water partition coefficient (Wildman–Crippen LogP) is 2.09. The molecule has 0 bridgehead atoms. The van der Waals surface area contributed by atoms with E-state index >= 15 is 0 Å². The molecule has 0 aliphatic carbocycles. The van der Waals surface area contributed by atoms with Crippen LogP contribution in [-0.2, 0) is 0 Å². The molecule has 78 valence electrons. The van der Waals surface area contributed by atoms with Crippen molar-refractivity contribution in [3.63, 3.8) is 0 Å². The van der Waals surface area contributed by atoms with Gasteiger partial charge in [-0.15, -0.1) is 0 Å². The van der Waals surface area contributed by atoms with Crippen LogP contribution in [0.4, 0.5) is 5.69 Å². The standard InChI is InChI=1S/C11H12N2OS/c1-13(2)11(14)9-3-5-10(6-4-9)12-7-8-15/h3-8H,1-2H3. The molecule has 15 heavy (non-hydrogen) atoms. The highest BCUT2D eigenvalue weighted by Crippen LogP contribution is 2.13. The predicted molar refractivity (Wildman–Crippen MR) is 66.3 cm³/mol. The molecule has 0 aliphatic heterocycles. The van der Waals surface area contributed by atoms with Gasteiger partial charge in [-0.1, -0.05) is 12.2 Å². The number of hydrogen-bond acceptors (Lipinski definition) is 3. The fourth-order valence-electron chi connectivity index (χ4n) is 1.06. The van der Waals surface area contributed by atoms with E-state index in [9.17, 15) is 4.79 Å². The van der Waals surface area contributed by atoms with Gasteiger partial charge in [0.2, 0.25) is 0 Å². The van der Waals surface area contributed by atoms with Gasteiger partial charge in [0.25, 0.3) is 5.91 Å². The average molecular weight is 220 g/mol. The molecule has 0 unspecified atom stereocenters. The fraction of sp³-hybridized carbons (Fsp3) is 0.182. The smallest absolute Gasteiger partial charge is 0.253 e. The Bertz CT molecular complexity index is 382. The number of carbonyl (C=O) groups excluding carboxylic acids is 1. The van der Waals surface area contributed by atoms with Gasteiger partial charge >= 0.3 is 0 Å². The largest absolute Gasteiger partial charge is 0.345 e. The van der Waals surface area contributed by atoms with Crippen molar-refractivity contribution in [2.45, 2.75) is 0 Å². The molecule has 0 spiro atoms. The molecule has 0 aliphatic rings. The monoisotopic (exact) mass is 220 g/mol. The van der Waals surface area contributed by atoms with E-state index in [2.05, 4.69) is 17.2 Å². The Morgan fingerprint density at radius 1 is 1.33 bits per heavy atom. The number of aliphatic imine (C=N–C) groups is 1. The Kier molecular flexibility index (Phi) is 4.12. The highest BCUT2D eigenvalue weighted by molar-refractivity contribution is 7.80. The lowest BCUT2D eigenvalue weighted by atomic mass is 10.2. The summed E-state index contributed by atoms with van der Waals surface area (Å²) in [6.45, 7) is 0. The highest BCUT2D eigenvalue weighted by Gasteiger charge is 2.06. The summed E-state index contributed by atoms with van der Waals surface area (Å²) >= 11 is 4.62. The summed E-state index contributed by atoms with van der Waals surface area (Å²) in [5.41, 5.74) is 1.44. The molecule has 4 heteroatoms. The molecule has 1 aromatic rings. The maximum atomic E-state index is 11.5. The van der Waals surface area contributed by atoms with Crippen molar-refractivity contribution in [1.29, 1.82) is 0 Å². The zero-order chi connectivity index (χ0) is 11.3. The maximum absolute atomic E-state index is 11.5. The number of carbonyl (C=O) groups is 1. The van der Waals surface area contributed by atoms with Crippen LogP contribution >= 0.6 is 12.2 Å². The van der Waals surface area contributed by atoms with Crippen molar-refractivity contribution in [2.24, 2.45) is 4.99 Å². The number of rotatable bonds is 3. The molecule has 1 amide bonds. The molecule has 0 saturated heterocycles. The molecule has 0 atom stereocenters. The van der Waals surface area contributed by atoms with E-state index in [1.807, 2.05) is 0 Å². The molecule has 0 heterocycles. The third-order valence-electron chi connectivity index (χ3n) is 1.80. The van der Waals surface area contributed by atoms with E-state index in [1.54, 1.807) is 38.4 Å². The van der Waals surface area contributed by atoms with Crippen molar-refractivity contribution < 1.29 is 4.79 Å².